The molecule has 0 saturated heterocycles. The van der Waals surface area contributed by atoms with Crippen LogP contribution in [0.4, 0.5) is 0 Å². The lowest BCUT2D eigenvalue weighted by Crippen LogP contribution is -2.20. The lowest BCUT2D eigenvalue weighted by Gasteiger charge is -2.16. The second-order valence-electron chi connectivity index (χ2n) is 4.31. The van der Waals surface area contributed by atoms with E-state index in [2.05, 4.69) is 53.7 Å². The molecule has 90 valence electrons. The summed E-state index contributed by atoms with van der Waals surface area (Å²) in [5.41, 5.74) is 3.74. The fraction of sp³-hybridized carbons (Fsp3) is 0.385. The number of nitrogens with one attached hydrogen (secondary N) is 1. The zero-order valence-corrected chi connectivity index (χ0v) is 10.5. The summed E-state index contributed by atoms with van der Waals surface area (Å²) in [4.78, 5) is 0. The van der Waals surface area contributed by atoms with Gasteiger partial charge >= 0.3 is 0 Å². The van der Waals surface area contributed by atoms with Crippen molar-refractivity contribution in [3.8, 4) is 0 Å². The van der Waals surface area contributed by atoms with Crippen LogP contribution in [0.2, 0.25) is 0 Å². The van der Waals surface area contributed by atoms with Gasteiger partial charge in [-0.05, 0) is 25.0 Å². The number of benzene rings is 1. The highest BCUT2D eigenvalue weighted by Gasteiger charge is 2.08. The predicted molar refractivity (Wildman–Crippen MR) is 67.4 cm³/mol. The normalized spacial score (nSPS) is 12.6. The van der Waals surface area contributed by atoms with Crippen LogP contribution in [-0.2, 0) is 13.6 Å². The molecule has 0 bridgehead atoms. The van der Waals surface area contributed by atoms with Crippen LogP contribution in [0, 0.1) is 6.92 Å². The van der Waals surface area contributed by atoms with Crippen molar-refractivity contribution in [1.29, 1.82) is 0 Å². The second kappa shape index (κ2) is 5.10. The van der Waals surface area contributed by atoms with E-state index in [0.717, 1.165) is 12.2 Å². The Hall–Kier alpha value is -1.68. The molecular weight excluding hydrogens is 212 g/mol. The molecule has 1 aromatic carbocycles. The van der Waals surface area contributed by atoms with Crippen molar-refractivity contribution >= 4 is 0 Å². The zero-order valence-electron chi connectivity index (χ0n) is 10.5. The molecule has 1 unspecified atom stereocenters. The molecular formula is C13H18N4. The standard InChI is InChI=1S/C13H18N4/c1-10-6-4-5-7-13(10)11(2)14-8-12-9-15-16-17(12)3/h4-7,9,11,14H,8H2,1-3H3. The van der Waals surface area contributed by atoms with Crippen molar-refractivity contribution in [1.82, 2.24) is 20.3 Å². The van der Waals surface area contributed by atoms with Gasteiger partial charge in [0.25, 0.3) is 0 Å². The van der Waals surface area contributed by atoms with Crippen molar-refractivity contribution in [3.63, 3.8) is 0 Å². The average Bonchev–Trinajstić information content (AvgIpc) is 2.72. The van der Waals surface area contributed by atoms with Crippen LogP contribution in [0.15, 0.2) is 30.5 Å². The predicted octanol–water partition coefficient (Wildman–Crippen LogP) is 1.97. The van der Waals surface area contributed by atoms with Crippen LogP contribution in [0.1, 0.15) is 29.8 Å². The number of hydrogen-bond acceptors (Lipinski definition) is 3. The van der Waals surface area contributed by atoms with E-state index in [1.165, 1.54) is 11.1 Å². The van der Waals surface area contributed by atoms with Crippen molar-refractivity contribution in [2.75, 3.05) is 0 Å². The Bertz CT molecular complexity index is 490. The van der Waals surface area contributed by atoms with Gasteiger partial charge in [0.1, 0.15) is 0 Å². The monoisotopic (exact) mass is 230 g/mol. The van der Waals surface area contributed by atoms with Crippen LogP contribution in [0.5, 0.6) is 0 Å². The fourth-order valence-corrected chi connectivity index (χ4v) is 1.91. The molecule has 0 saturated carbocycles. The largest absolute Gasteiger partial charge is 0.305 e. The Morgan fingerprint density at radius 2 is 2.12 bits per heavy atom. The zero-order chi connectivity index (χ0) is 12.3. The molecule has 4 heteroatoms. The molecule has 17 heavy (non-hydrogen) atoms. The van der Waals surface area contributed by atoms with E-state index < -0.39 is 0 Å². The molecule has 4 nitrogen and oxygen atoms in total. The maximum Gasteiger partial charge on any atom is 0.0738 e. The fourth-order valence-electron chi connectivity index (χ4n) is 1.91. The molecule has 0 amide bonds. The summed E-state index contributed by atoms with van der Waals surface area (Å²) in [6.07, 6.45) is 1.79. The summed E-state index contributed by atoms with van der Waals surface area (Å²) in [6, 6.07) is 8.77. The molecule has 1 N–H and O–H groups in total. The van der Waals surface area contributed by atoms with Crippen LogP contribution in [0.3, 0.4) is 0 Å². The summed E-state index contributed by atoms with van der Waals surface area (Å²) >= 11 is 0. The topological polar surface area (TPSA) is 42.7 Å². The molecule has 0 aliphatic heterocycles. The molecule has 2 aromatic rings. The number of rotatable bonds is 4. The van der Waals surface area contributed by atoms with Crippen LogP contribution < -0.4 is 5.32 Å². The molecule has 0 radical (unpaired) electrons. The quantitative estimate of drug-likeness (QED) is 0.873. The molecule has 1 heterocycles. The molecule has 2 rings (SSSR count). The van der Waals surface area contributed by atoms with Gasteiger partial charge in [0.15, 0.2) is 0 Å². The lowest BCUT2D eigenvalue weighted by molar-refractivity contribution is 0.544. The molecule has 1 atom stereocenters. The first-order chi connectivity index (χ1) is 8.18. The summed E-state index contributed by atoms with van der Waals surface area (Å²) in [6.45, 7) is 5.09. The van der Waals surface area contributed by atoms with Gasteiger partial charge in [-0.15, -0.1) is 5.10 Å². The van der Waals surface area contributed by atoms with Gasteiger partial charge in [0.05, 0.1) is 11.9 Å². The van der Waals surface area contributed by atoms with E-state index >= 15 is 0 Å². The highest BCUT2D eigenvalue weighted by molar-refractivity contribution is 5.28. The van der Waals surface area contributed by atoms with E-state index in [9.17, 15) is 0 Å². The average molecular weight is 230 g/mol. The van der Waals surface area contributed by atoms with E-state index in [1.807, 2.05) is 7.05 Å². The van der Waals surface area contributed by atoms with Crippen molar-refractivity contribution in [3.05, 3.63) is 47.3 Å². The number of nitrogens with zero attached hydrogens (tertiary/aromatic N) is 3. The third-order valence-electron chi connectivity index (χ3n) is 3.05. The van der Waals surface area contributed by atoms with Gasteiger partial charge in [0.2, 0.25) is 0 Å². The highest BCUT2D eigenvalue weighted by atomic mass is 15.4. The van der Waals surface area contributed by atoms with E-state index in [-0.39, 0.29) is 0 Å². The van der Waals surface area contributed by atoms with Crippen molar-refractivity contribution in [2.24, 2.45) is 7.05 Å². The first-order valence-corrected chi connectivity index (χ1v) is 5.81. The Labute approximate surface area is 102 Å². The SMILES string of the molecule is Cc1ccccc1C(C)NCc1cnnn1C. The Kier molecular flexibility index (Phi) is 3.54. The molecule has 1 aromatic heterocycles. The second-order valence-corrected chi connectivity index (χ2v) is 4.31. The summed E-state index contributed by atoms with van der Waals surface area (Å²) in [7, 11) is 1.91. The van der Waals surface area contributed by atoms with Gasteiger partial charge in [-0.3, -0.25) is 4.68 Å². The van der Waals surface area contributed by atoms with Crippen LogP contribution >= 0.6 is 0 Å². The van der Waals surface area contributed by atoms with Crippen molar-refractivity contribution < 1.29 is 0 Å². The minimum Gasteiger partial charge on any atom is -0.305 e. The van der Waals surface area contributed by atoms with Crippen LogP contribution in [-0.4, -0.2) is 15.0 Å². The Morgan fingerprint density at radius 3 is 2.76 bits per heavy atom. The third-order valence-corrected chi connectivity index (χ3v) is 3.05. The number of aromatic nitrogens is 3. The first-order valence-electron chi connectivity index (χ1n) is 5.81. The summed E-state index contributed by atoms with van der Waals surface area (Å²) < 4.78 is 1.79. The minimum absolute atomic E-state index is 0.325. The molecule has 0 spiro atoms. The maximum atomic E-state index is 3.91. The Balaban J connectivity index is 2.01. The molecule has 0 fully saturated rings. The van der Waals surface area contributed by atoms with Crippen molar-refractivity contribution in [2.45, 2.75) is 26.4 Å². The Morgan fingerprint density at radius 1 is 1.35 bits per heavy atom. The van der Waals surface area contributed by atoms with Crippen LogP contribution in [0.25, 0.3) is 0 Å². The molecule has 0 aliphatic rings. The van der Waals surface area contributed by atoms with E-state index in [0.29, 0.717) is 6.04 Å². The number of aryl methyl sites for hydroxylation is 2. The highest BCUT2D eigenvalue weighted by Crippen LogP contribution is 2.16. The lowest BCUT2D eigenvalue weighted by atomic mass is 10.0. The van der Waals surface area contributed by atoms with E-state index in [4.69, 9.17) is 0 Å². The molecule has 0 aliphatic carbocycles. The minimum atomic E-state index is 0.325. The van der Waals surface area contributed by atoms with Gasteiger partial charge in [0, 0.05) is 19.6 Å². The van der Waals surface area contributed by atoms with E-state index in [1.54, 1.807) is 10.9 Å². The third kappa shape index (κ3) is 2.71. The summed E-state index contributed by atoms with van der Waals surface area (Å²) in [5.74, 6) is 0. The number of hydrogen-bond donors (Lipinski definition) is 1. The summed E-state index contributed by atoms with van der Waals surface area (Å²) in [5, 5.41) is 11.3. The smallest absolute Gasteiger partial charge is 0.0738 e. The maximum absolute atomic E-state index is 3.91. The van der Waals surface area contributed by atoms with Gasteiger partial charge in [-0.2, -0.15) is 0 Å². The first kappa shape index (κ1) is 11.8. The van der Waals surface area contributed by atoms with Gasteiger partial charge in [-0.1, -0.05) is 29.5 Å². The van der Waals surface area contributed by atoms with Gasteiger partial charge in [-0.25, -0.2) is 0 Å². The van der Waals surface area contributed by atoms with Gasteiger partial charge < -0.3 is 5.32 Å².